The van der Waals surface area contributed by atoms with Gasteiger partial charge in [-0.15, -0.1) is 0 Å². The molecule has 0 unspecified atom stereocenters. The molecule has 2 fully saturated rings. The summed E-state index contributed by atoms with van der Waals surface area (Å²) in [5, 5.41) is 6.81. The van der Waals surface area contributed by atoms with E-state index in [1.165, 1.54) is 12.1 Å². The van der Waals surface area contributed by atoms with Crippen molar-refractivity contribution in [2.24, 2.45) is 0 Å². The van der Waals surface area contributed by atoms with Crippen LogP contribution in [0.1, 0.15) is 47.9 Å². The number of hydrogen-bond donors (Lipinski definition) is 2. The molecule has 39 heavy (non-hydrogen) atoms. The molecule has 2 saturated heterocycles. The van der Waals surface area contributed by atoms with E-state index < -0.39 is 23.2 Å². The Morgan fingerprint density at radius 3 is 2.51 bits per heavy atom. The van der Waals surface area contributed by atoms with Crippen molar-refractivity contribution in [3.05, 3.63) is 92.2 Å². The number of amides is 2. The summed E-state index contributed by atoms with van der Waals surface area (Å²) >= 11 is 19.0. The van der Waals surface area contributed by atoms with Crippen molar-refractivity contribution >= 4 is 52.3 Å². The first-order valence-corrected chi connectivity index (χ1v) is 13.8. The van der Waals surface area contributed by atoms with E-state index in [4.69, 9.17) is 44.3 Å². The standard InChI is InChI=1S/C29H24Cl3FN2O4/c30-16-3-1-2-15(10-16)21-13-26(36)35-27(29(21)20-5-4-17(31)11-24(20)34-28(29)37)19-12-22(32)23(33)14-25(19)39-18-6-8-38-9-7-18/h1-5,10-12,14,18,21,27H,6-9,13H2,(H,34,37)(H,35,36)/t21-,27+,29-/m0/s1. The molecule has 0 radical (unpaired) electrons. The topological polar surface area (TPSA) is 76.7 Å². The minimum absolute atomic E-state index is 0.0252. The minimum Gasteiger partial charge on any atom is -0.490 e. The minimum atomic E-state index is -1.34. The van der Waals surface area contributed by atoms with E-state index in [-0.39, 0.29) is 35.1 Å². The van der Waals surface area contributed by atoms with E-state index in [9.17, 15) is 14.0 Å². The van der Waals surface area contributed by atoms with Crippen LogP contribution in [0.5, 0.6) is 5.75 Å². The van der Waals surface area contributed by atoms with Gasteiger partial charge in [-0.05, 0) is 41.5 Å². The van der Waals surface area contributed by atoms with Gasteiger partial charge in [-0.3, -0.25) is 9.59 Å². The van der Waals surface area contributed by atoms with Crippen LogP contribution in [0.25, 0.3) is 0 Å². The third kappa shape index (κ3) is 4.55. The molecular weight excluding hydrogens is 566 g/mol. The number of ether oxygens (including phenoxy) is 2. The van der Waals surface area contributed by atoms with Gasteiger partial charge in [-0.2, -0.15) is 0 Å². The summed E-state index contributed by atoms with van der Waals surface area (Å²) in [6.45, 7) is 1.04. The molecule has 10 heteroatoms. The van der Waals surface area contributed by atoms with Crippen molar-refractivity contribution in [3.63, 3.8) is 0 Å². The SMILES string of the molecule is O=C1C[C@@H](c2cccc(Cl)c2)[C@]2(C(=O)Nc3cc(Cl)ccc32)[C@@H](c2cc(Cl)c(F)cc2OC2CCOCC2)N1. The number of carbonyl (C=O) groups excluding carboxylic acids is 2. The predicted molar refractivity (Wildman–Crippen MR) is 147 cm³/mol. The largest absolute Gasteiger partial charge is 0.490 e. The predicted octanol–water partition coefficient (Wildman–Crippen LogP) is 6.58. The highest BCUT2D eigenvalue weighted by Crippen LogP contribution is 2.58. The second kappa shape index (κ2) is 10.3. The first-order chi connectivity index (χ1) is 18.8. The van der Waals surface area contributed by atoms with Gasteiger partial charge in [0.15, 0.2) is 0 Å². The molecule has 3 aliphatic heterocycles. The highest BCUT2D eigenvalue weighted by Gasteiger charge is 2.61. The lowest BCUT2D eigenvalue weighted by Crippen LogP contribution is -2.57. The molecule has 0 aromatic heterocycles. The molecule has 2 amide bonds. The smallest absolute Gasteiger partial charge is 0.238 e. The molecule has 202 valence electrons. The van der Waals surface area contributed by atoms with Gasteiger partial charge in [0.1, 0.15) is 23.1 Å². The van der Waals surface area contributed by atoms with E-state index in [0.29, 0.717) is 52.9 Å². The van der Waals surface area contributed by atoms with E-state index >= 15 is 0 Å². The summed E-state index contributed by atoms with van der Waals surface area (Å²) in [5.41, 5.74) is 0.990. The second-order valence-electron chi connectivity index (χ2n) is 10.1. The van der Waals surface area contributed by atoms with Crippen molar-refractivity contribution in [2.45, 2.75) is 42.7 Å². The molecule has 0 saturated carbocycles. The summed E-state index contributed by atoms with van der Waals surface area (Å²) in [6, 6.07) is 14.1. The Labute approximate surface area is 239 Å². The molecular formula is C29H24Cl3FN2O4. The Kier molecular flexibility index (Phi) is 6.96. The van der Waals surface area contributed by atoms with Crippen LogP contribution in [0.2, 0.25) is 15.1 Å². The third-order valence-corrected chi connectivity index (χ3v) is 8.59. The van der Waals surface area contributed by atoms with E-state index in [1.807, 2.05) is 6.07 Å². The maximum absolute atomic E-state index is 14.8. The van der Waals surface area contributed by atoms with E-state index in [2.05, 4.69) is 10.6 Å². The number of halogens is 4. The van der Waals surface area contributed by atoms with E-state index in [1.54, 1.807) is 36.4 Å². The van der Waals surface area contributed by atoms with Crippen LogP contribution in [-0.2, 0) is 19.7 Å². The maximum atomic E-state index is 14.8. The van der Waals surface area contributed by atoms with E-state index in [0.717, 1.165) is 5.56 Å². The number of rotatable bonds is 4. The first kappa shape index (κ1) is 26.4. The number of piperidine rings is 1. The van der Waals surface area contributed by atoms with Crippen molar-refractivity contribution in [1.82, 2.24) is 5.32 Å². The van der Waals surface area contributed by atoms with Gasteiger partial charge in [-0.25, -0.2) is 4.39 Å². The summed E-state index contributed by atoms with van der Waals surface area (Å²) in [6.07, 6.45) is 1.05. The van der Waals surface area contributed by atoms with Crippen LogP contribution >= 0.6 is 34.8 Å². The maximum Gasteiger partial charge on any atom is 0.238 e. The summed E-state index contributed by atoms with van der Waals surface area (Å²) in [7, 11) is 0. The molecule has 2 N–H and O–H groups in total. The molecule has 6 rings (SSSR count). The fraction of sp³-hybridized carbons (Fsp3) is 0.310. The monoisotopic (exact) mass is 588 g/mol. The molecule has 3 aromatic carbocycles. The molecule has 1 spiro atoms. The Balaban J connectivity index is 1.59. The zero-order chi connectivity index (χ0) is 27.3. The zero-order valence-electron chi connectivity index (χ0n) is 20.6. The van der Waals surface area contributed by atoms with Crippen molar-refractivity contribution in [1.29, 1.82) is 0 Å². The van der Waals surface area contributed by atoms with Gasteiger partial charge in [0.25, 0.3) is 0 Å². The van der Waals surface area contributed by atoms with Crippen molar-refractivity contribution in [3.8, 4) is 5.75 Å². The first-order valence-electron chi connectivity index (χ1n) is 12.7. The van der Waals surface area contributed by atoms with Crippen LogP contribution < -0.4 is 15.4 Å². The number of carbonyl (C=O) groups is 2. The number of nitrogens with one attached hydrogen (secondary N) is 2. The molecule has 6 nitrogen and oxygen atoms in total. The zero-order valence-corrected chi connectivity index (χ0v) is 22.9. The van der Waals surface area contributed by atoms with Crippen LogP contribution in [-0.4, -0.2) is 31.1 Å². The van der Waals surface area contributed by atoms with Crippen LogP contribution in [0, 0.1) is 5.82 Å². The highest BCUT2D eigenvalue weighted by atomic mass is 35.5. The Hall–Kier alpha value is -2.84. The normalized spacial score (nSPS) is 24.8. The second-order valence-corrected chi connectivity index (χ2v) is 11.3. The lowest BCUT2D eigenvalue weighted by atomic mass is 9.59. The lowest BCUT2D eigenvalue weighted by Gasteiger charge is -2.46. The summed E-state index contributed by atoms with van der Waals surface area (Å²) in [5.74, 6) is -1.66. The third-order valence-electron chi connectivity index (χ3n) is 7.83. The molecule has 0 aliphatic carbocycles. The van der Waals surface area contributed by atoms with Crippen LogP contribution in [0.3, 0.4) is 0 Å². The Morgan fingerprint density at radius 1 is 0.974 bits per heavy atom. The molecule has 3 aliphatic rings. The van der Waals surface area contributed by atoms with Crippen LogP contribution in [0.4, 0.5) is 10.1 Å². The average Bonchev–Trinajstić information content (AvgIpc) is 3.19. The van der Waals surface area contributed by atoms with Gasteiger partial charge in [0, 0.05) is 52.5 Å². The van der Waals surface area contributed by atoms with Gasteiger partial charge >= 0.3 is 0 Å². The molecule has 3 heterocycles. The van der Waals surface area contributed by atoms with Crippen molar-refractivity contribution < 1.29 is 23.5 Å². The lowest BCUT2D eigenvalue weighted by molar-refractivity contribution is -0.131. The van der Waals surface area contributed by atoms with Crippen molar-refractivity contribution in [2.75, 3.05) is 18.5 Å². The summed E-state index contributed by atoms with van der Waals surface area (Å²) in [4.78, 5) is 27.5. The molecule has 3 atom stereocenters. The number of fused-ring (bicyclic) bond motifs is 2. The molecule has 0 bridgehead atoms. The fourth-order valence-corrected chi connectivity index (χ4v) is 6.66. The quantitative estimate of drug-likeness (QED) is 0.361. The van der Waals surface area contributed by atoms with Gasteiger partial charge in [0.2, 0.25) is 11.8 Å². The highest BCUT2D eigenvalue weighted by molar-refractivity contribution is 6.31. The average molecular weight is 590 g/mol. The summed E-state index contributed by atoms with van der Waals surface area (Å²) < 4.78 is 26.6. The number of benzene rings is 3. The fourth-order valence-electron chi connectivity index (χ4n) is 6.11. The Bertz CT molecular complexity index is 1480. The van der Waals surface area contributed by atoms with Gasteiger partial charge < -0.3 is 20.1 Å². The number of anilines is 1. The Morgan fingerprint density at radius 2 is 1.74 bits per heavy atom. The van der Waals surface area contributed by atoms with Gasteiger partial charge in [-0.1, -0.05) is 53.0 Å². The van der Waals surface area contributed by atoms with Crippen LogP contribution in [0.15, 0.2) is 54.6 Å². The molecule has 3 aromatic rings. The number of hydrogen-bond acceptors (Lipinski definition) is 4. The van der Waals surface area contributed by atoms with Gasteiger partial charge in [0.05, 0.1) is 24.3 Å².